The highest BCUT2D eigenvalue weighted by Gasteiger charge is 2.17. The van der Waals surface area contributed by atoms with Gasteiger partial charge in [-0.05, 0) is 19.3 Å². The van der Waals surface area contributed by atoms with E-state index < -0.39 is 5.60 Å². The first kappa shape index (κ1) is 8.52. The molecule has 0 saturated carbocycles. The molecule has 0 aliphatic carbocycles. The Balaban J connectivity index is 3.76. The summed E-state index contributed by atoms with van der Waals surface area (Å²) in [5, 5.41) is 9.26. The third-order valence-corrected chi connectivity index (χ3v) is 1.12. The maximum absolute atomic E-state index is 9.26. The van der Waals surface area contributed by atoms with Crippen LogP contribution in [-0.4, -0.2) is 10.7 Å². The summed E-state index contributed by atoms with van der Waals surface area (Å²) in [4.78, 5) is 0. The topological polar surface area (TPSA) is 20.2 Å². The van der Waals surface area contributed by atoms with Gasteiger partial charge in [0.15, 0.2) is 0 Å². The van der Waals surface area contributed by atoms with Crippen molar-refractivity contribution < 1.29 is 5.11 Å². The highest BCUT2D eigenvalue weighted by Crippen LogP contribution is 2.13. The zero-order chi connectivity index (χ0) is 7.49. The molecular weight excluding hydrogens is 112 g/mol. The van der Waals surface area contributed by atoms with Crippen LogP contribution in [0.2, 0.25) is 0 Å². The number of terminal acetylenes is 1. The number of aliphatic hydroxyl groups is 1. The van der Waals surface area contributed by atoms with E-state index in [0.717, 1.165) is 0 Å². The molecule has 0 aromatic rings. The van der Waals surface area contributed by atoms with Gasteiger partial charge in [-0.15, -0.1) is 6.42 Å². The van der Waals surface area contributed by atoms with E-state index in [1.54, 1.807) is 6.92 Å². The van der Waals surface area contributed by atoms with Crippen molar-refractivity contribution in [1.29, 1.82) is 0 Å². The Bertz CT molecular complexity index is 117. The van der Waals surface area contributed by atoms with Crippen molar-refractivity contribution in [3.05, 3.63) is 0 Å². The second-order valence-electron chi connectivity index (χ2n) is 3.02. The van der Waals surface area contributed by atoms with Crippen molar-refractivity contribution in [2.75, 3.05) is 0 Å². The molecule has 52 valence electrons. The second-order valence-corrected chi connectivity index (χ2v) is 3.02. The average Bonchev–Trinajstić information content (AvgIpc) is 1.63. The van der Waals surface area contributed by atoms with Crippen LogP contribution in [0.5, 0.6) is 0 Å². The number of rotatable bonds is 2. The monoisotopic (exact) mass is 126 g/mol. The molecule has 1 N–H and O–H groups in total. The minimum atomic E-state index is -0.909. The predicted octanol–water partition coefficient (Wildman–Crippen LogP) is 1.42. The first-order chi connectivity index (χ1) is 3.98. The SMILES string of the molecule is C#C[C@@](C)(O)CC(C)C. The molecule has 0 spiro atoms. The van der Waals surface area contributed by atoms with E-state index in [1.165, 1.54) is 0 Å². The summed E-state index contributed by atoms with van der Waals surface area (Å²) >= 11 is 0. The van der Waals surface area contributed by atoms with Crippen molar-refractivity contribution in [2.24, 2.45) is 5.92 Å². The van der Waals surface area contributed by atoms with Crippen molar-refractivity contribution >= 4 is 0 Å². The fourth-order valence-electron chi connectivity index (χ4n) is 0.854. The van der Waals surface area contributed by atoms with Gasteiger partial charge in [0.05, 0.1) is 0 Å². The van der Waals surface area contributed by atoms with E-state index in [4.69, 9.17) is 6.42 Å². The van der Waals surface area contributed by atoms with Crippen LogP contribution < -0.4 is 0 Å². The lowest BCUT2D eigenvalue weighted by Crippen LogP contribution is -2.23. The fraction of sp³-hybridized carbons (Fsp3) is 0.750. The Morgan fingerprint density at radius 1 is 1.67 bits per heavy atom. The minimum Gasteiger partial charge on any atom is -0.378 e. The minimum absolute atomic E-state index is 0.455. The lowest BCUT2D eigenvalue weighted by molar-refractivity contribution is 0.0978. The molecule has 1 nitrogen and oxygen atoms in total. The predicted molar refractivity (Wildman–Crippen MR) is 38.9 cm³/mol. The molecule has 0 aliphatic rings. The van der Waals surface area contributed by atoms with E-state index in [1.807, 2.05) is 13.8 Å². The zero-order valence-electron chi connectivity index (χ0n) is 6.31. The fourth-order valence-corrected chi connectivity index (χ4v) is 0.854. The van der Waals surface area contributed by atoms with Crippen LogP contribution in [0, 0.1) is 18.3 Å². The van der Waals surface area contributed by atoms with Gasteiger partial charge >= 0.3 is 0 Å². The summed E-state index contributed by atoms with van der Waals surface area (Å²) in [7, 11) is 0. The van der Waals surface area contributed by atoms with Crippen molar-refractivity contribution in [3.8, 4) is 12.3 Å². The molecule has 0 saturated heterocycles. The molecule has 1 heteroatoms. The zero-order valence-corrected chi connectivity index (χ0v) is 6.31. The molecule has 9 heavy (non-hydrogen) atoms. The Hall–Kier alpha value is -0.480. The van der Waals surface area contributed by atoms with Gasteiger partial charge in [0.1, 0.15) is 5.60 Å². The van der Waals surface area contributed by atoms with E-state index in [2.05, 4.69) is 5.92 Å². The van der Waals surface area contributed by atoms with Crippen LogP contribution >= 0.6 is 0 Å². The molecular formula is C8H14O. The van der Waals surface area contributed by atoms with E-state index in [9.17, 15) is 5.11 Å². The lowest BCUT2D eigenvalue weighted by Gasteiger charge is -2.17. The smallest absolute Gasteiger partial charge is 0.122 e. The van der Waals surface area contributed by atoms with Gasteiger partial charge in [0.2, 0.25) is 0 Å². The summed E-state index contributed by atoms with van der Waals surface area (Å²) in [6.45, 7) is 5.73. The van der Waals surface area contributed by atoms with Crippen molar-refractivity contribution in [1.82, 2.24) is 0 Å². The summed E-state index contributed by atoms with van der Waals surface area (Å²) in [5.74, 6) is 2.78. The highest BCUT2D eigenvalue weighted by atomic mass is 16.3. The lowest BCUT2D eigenvalue weighted by atomic mass is 9.95. The Kier molecular flexibility index (Phi) is 2.73. The average molecular weight is 126 g/mol. The van der Waals surface area contributed by atoms with Gasteiger partial charge in [0.25, 0.3) is 0 Å². The summed E-state index contributed by atoms with van der Waals surface area (Å²) in [5.41, 5.74) is -0.909. The highest BCUT2D eigenvalue weighted by molar-refractivity contribution is 5.04. The van der Waals surface area contributed by atoms with Gasteiger partial charge in [-0.3, -0.25) is 0 Å². The van der Waals surface area contributed by atoms with E-state index in [0.29, 0.717) is 12.3 Å². The Labute approximate surface area is 57.1 Å². The van der Waals surface area contributed by atoms with Crippen LogP contribution in [0.1, 0.15) is 27.2 Å². The molecule has 0 aromatic heterocycles. The molecule has 0 amide bonds. The first-order valence-electron chi connectivity index (χ1n) is 3.18. The second kappa shape index (κ2) is 2.89. The molecule has 0 rings (SSSR count). The molecule has 0 aromatic carbocycles. The van der Waals surface area contributed by atoms with E-state index >= 15 is 0 Å². The van der Waals surface area contributed by atoms with Gasteiger partial charge in [-0.1, -0.05) is 19.8 Å². The molecule has 0 aliphatic heterocycles. The van der Waals surface area contributed by atoms with Crippen LogP contribution in [0.15, 0.2) is 0 Å². The first-order valence-corrected chi connectivity index (χ1v) is 3.18. The van der Waals surface area contributed by atoms with Crippen LogP contribution in [0.25, 0.3) is 0 Å². The quantitative estimate of drug-likeness (QED) is 0.555. The summed E-state index contributed by atoms with van der Waals surface area (Å²) in [6, 6.07) is 0. The molecule has 0 unspecified atom stereocenters. The largest absolute Gasteiger partial charge is 0.378 e. The maximum Gasteiger partial charge on any atom is 0.122 e. The normalized spacial score (nSPS) is 16.9. The van der Waals surface area contributed by atoms with Crippen LogP contribution in [0.3, 0.4) is 0 Å². The third kappa shape index (κ3) is 4.05. The van der Waals surface area contributed by atoms with Crippen molar-refractivity contribution in [2.45, 2.75) is 32.8 Å². The maximum atomic E-state index is 9.26. The summed E-state index contributed by atoms with van der Waals surface area (Å²) < 4.78 is 0. The molecule has 0 radical (unpaired) electrons. The van der Waals surface area contributed by atoms with E-state index in [-0.39, 0.29) is 0 Å². The molecule has 0 fully saturated rings. The summed E-state index contributed by atoms with van der Waals surface area (Å²) in [6.07, 6.45) is 5.72. The van der Waals surface area contributed by atoms with Crippen LogP contribution in [0.4, 0.5) is 0 Å². The van der Waals surface area contributed by atoms with Gasteiger partial charge in [-0.25, -0.2) is 0 Å². The molecule has 0 heterocycles. The van der Waals surface area contributed by atoms with Gasteiger partial charge in [-0.2, -0.15) is 0 Å². The Morgan fingerprint density at radius 3 is 2.22 bits per heavy atom. The third-order valence-electron chi connectivity index (χ3n) is 1.12. The molecule has 0 bridgehead atoms. The Morgan fingerprint density at radius 2 is 2.11 bits per heavy atom. The standard InChI is InChI=1S/C8H14O/c1-5-8(4,9)6-7(2)3/h1,7,9H,6H2,2-4H3/t8-/m1/s1. The van der Waals surface area contributed by atoms with Crippen molar-refractivity contribution in [3.63, 3.8) is 0 Å². The molecule has 1 atom stereocenters. The van der Waals surface area contributed by atoms with Gasteiger partial charge < -0.3 is 5.11 Å². The number of hydrogen-bond acceptors (Lipinski definition) is 1. The van der Waals surface area contributed by atoms with Gasteiger partial charge in [0, 0.05) is 0 Å². The van der Waals surface area contributed by atoms with Crippen LogP contribution in [-0.2, 0) is 0 Å². The number of hydrogen-bond donors (Lipinski definition) is 1.